The van der Waals surface area contributed by atoms with Crippen molar-refractivity contribution in [3.05, 3.63) is 41.5 Å². The van der Waals surface area contributed by atoms with Gasteiger partial charge < -0.3 is 5.73 Å². The molecule has 0 radical (unpaired) electrons. The van der Waals surface area contributed by atoms with E-state index in [1.165, 1.54) is 27.4 Å². The van der Waals surface area contributed by atoms with Crippen molar-refractivity contribution >= 4 is 32.2 Å². The standard InChI is InChI=1S/C19H27NSi2/c1-21(2,3)17-12-15-14-10-8-7-9-13(14)11-16(15)18(20)19(17)22(4,5)6/h7-10,12H,11,20H2,1-6H3. The van der Waals surface area contributed by atoms with Crippen LogP contribution in [-0.4, -0.2) is 16.1 Å². The lowest BCUT2D eigenvalue weighted by atomic mass is 10.0. The fourth-order valence-electron chi connectivity index (χ4n) is 3.70. The molecule has 0 aromatic heterocycles. The first-order chi connectivity index (χ1) is 10.1. The first kappa shape index (κ1) is 15.6. The van der Waals surface area contributed by atoms with Crippen LogP contribution in [0.15, 0.2) is 30.3 Å². The molecule has 0 fully saturated rings. The van der Waals surface area contributed by atoms with Gasteiger partial charge in [0.25, 0.3) is 0 Å². The van der Waals surface area contributed by atoms with Gasteiger partial charge in [0.2, 0.25) is 0 Å². The molecule has 0 spiro atoms. The Balaban J connectivity index is 2.36. The van der Waals surface area contributed by atoms with Gasteiger partial charge in [-0.2, -0.15) is 0 Å². The van der Waals surface area contributed by atoms with Crippen LogP contribution in [0.2, 0.25) is 39.3 Å². The van der Waals surface area contributed by atoms with Gasteiger partial charge in [0, 0.05) is 12.1 Å². The molecule has 1 aliphatic carbocycles. The summed E-state index contributed by atoms with van der Waals surface area (Å²) in [5, 5.41) is 3.11. The van der Waals surface area contributed by atoms with Crippen LogP contribution in [0.25, 0.3) is 11.1 Å². The predicted molar refractivity (Wildman–Crippen MR) is 105 cm³/mol. The van der Waals surface area contributed by atoms with Gasteiger partial charge >= 0.3 is 0 Å². The summed E-state index contributed by atoms with van der Waals surface area (Å²) in [6, 6.07) is 11.3. The van der Waals surface area contributed by atoms with Crippen molar-refractivity contribution in [3.8, 4) is 11.1 Å². The lowest BCUT2D eigenvalue weighted by Gasteiger charge is -2.31. The summed E-state index contributed by atoms with van der Waals surface area (Å²) in [5.41, 5.74) is 13.5. The summed E-state index contributed by atoms with van der Waals surface area (Å²) in [7, 11) is -2.90. The van der Waals surface area contributed by atoms with Crippen LogP contribution < -0.4 is 16.1 Å². The Labute approximate surface area is 136 Å². The van der Waals surface area contributed by atoms with Gasteiger partial charge in [-0.05, 0) is 27.4 Å². The fraction of sp³-hybridized carbons (Fsp3) is 0.368. The van der Waals surface area contributed by atoms with Crippen molar-refractivity contribution in [3.63, 3.8) is 0 Å². The highest BCUT2D eigenvalue weighted by Crippen LogP contribution is 2.39. The molecule has 0 saturated heterocycles. The number of nitrogens with two attached hydrogens (primary N) is 1. The van der Waals surface area contributed by atoms with E-state index in [9.17, 15) is 0 Å². The Morgan fingerprint density at radius 3 is 2.09 bits per heavy atom. The predicted octanol–water partition coefficient (Wildman–Crippen LogP) is 3.93. The zero-order valence-electron chi connectivity index (χ0n) is 14.7. The van der Waals surface area contributed by atoms with Crippen LogP contribution in [0, 0.1) is 0 Å². The molecule has 0 bridgehead atoms. The first-order valence-corrected chi connectivity index (χ1v) is 15.2. The second-order valence-corrected chi connectivity index (χ2v) is 18.6. The van der Waals surface area contributed by atoms with E-state index in [-0.39, 0.29) is 0 Å². The monoisotopic (exact) mass is 325 g/mol. The van der Waals surface area contributed by atoms with E-state index in [4.69, 9.17) is 5.73 Å². The molecule has 0 aliphatic heterocycles. The number of nitrogen functional groups attached to an aromatic ring is 1. The molecule has 0 atom stereocenters. The second-order valence-electron chi connectivity index (χ2n) is 8.57. The minimum absolute atomic E-state index is 1.00. The number of fused-ring (bicyclic) bond motifs is 3. The third-order valence-electron chi connectivity index (χ3n) is 4.71. The van der Waals surface area contributed by atoms with E-state index in [0.29, 0.717) is 0 Å². The molecule has 1 aliphatic rings. The Morgan fingerprint density at radius 2 is 1.50 bits per heavy atom. The molecule has 2 aromatic rings. The Morgan fingerprint density at radius 1 is 0.864 bits per heavy atom. The van der Waals surface area contributed by atoms with Gasteiger partial charge in [0.1, 0.15) is 0 Å². The normalized spacial score (nSPS) is 13.9. The number of benzene rings is 2. The smallest absolute Gasteiger partial charge is 0.0801 e. The highest BCUT2D eigenvalue weighted by Gasteiger charge is 2.33. The third kappa shape index (κ3) is 2.36. The van der Waals surface area contributed by atoms with E-state index in [2.05, 4.69) is 69.6 Å². The summed E-state index contributed by atoms with van der Waals surface area (Å²) in [6.45, 7) is 14.6. The lowest BCUT2D eigenvalue weighted by Crippen LogP contribution is -2.57. The fourth-order valence-corrected chi connectivity index (χ4v) is 9.25. The second kappa shape index (κ2) is 4.83. The summed E-state index contributed by atoms with van der Waals surface area (Å²) in [6.07, 6.45) is 1.00. The van der Waals surface area contributed by atoms with E-state index >= 15 is 0 Å². The van der Waals surface area contributed by atoms with Gasteiger partial charge in [-0.15, -0.1) is 0 Å². The molecule has 3 heteroatoms. The van der Waals surface area contributed by atoms with Crippen LogP contribution in [-0.2, 0) is 6.42 Å². The highest BCUT2D eigenvalue weighted by molar-refractivity contribution is 6.99. The molecular weight excluding hydrogens is 298 g/mol. The maximum absolute atomic E-state index is 6.75. The van der Waals surface area contributed by atoms with Crippen LogP contribution in [0.3, 0.4) is 0 Å². The molecule has 3 rings (SSSR count). The maximum Gasteiger partial charge on any atom is 0.0801 e. The van der Waals surface area contributed by atoms with E-state index < -0.39 is 16.1 Å². The lowest BCUT2D eigenvalue weighted by molar-refractivity contribution is 1.27. The summed E-state index contributed by atoms with van der Waals surface area (Å²) < 4.78 is 0. The quantitative estimate of drug-likeness (QED) is 0.561. The first-order valence-electron chi connectivity index (χ1n) is 8.15. The average Bonchev–Trinajstić information content (AvgIpc) is 2.75. The number of hydrogen-bond acceptors (Lipinski definition) is 1. The minimum atomic E-state index is -1.47. The van der Waals surface area contributed by atoms with E-state index in [1.54, 1.807) is 5.19 Å². The van der Waals surface area contributed by atoms with Crippen molar-refractivity contribution in [2.24, 2.45) is 0 Å². The molecule has 116 valence electrons. The maximum atomic E-state index is 6.75. The number of hydrogen-bond donors (Lipinski definition) is 1. The van der Waals surface area contributed by atoms with Crippen LogP contribution in [0.4, 0.5) is 5.69 Å². The average molecular weight is 326 g/mol. The van der Waals surface area contributed by atoms with Crippen molar-refractivity contribution in [1.82, 2.24) is 0 Å². The van der Waals surface area contributed by atoms with Crippen molar-refractivity contribution < 1.29 is 0 Å². The van der Waals surface area contributed by atoms with E-state index in [0.717, 1.165) is 12.1 Å². The topological polar surface area (TPSA) is 26.0 Å². The summed E-state index contributed by atoms with van der Waals surface area (Å²) in [4.78, 5) is 0. The minimum Gasteiger partial charge on any atom is -0.399 e. The SMILES string of the molecule is C[Si](C)(C)c1cc2c(c(N)c1[Si](C)(C)C)Cc1ccccc1-2. The third-order valence-corrected chi connectivity index (χ3v) is 9.01. The van der Waals surface area contributed by atoms with Crippen LogP contribution >= 0.6 is 0 Å². The summed E-state index contributed by atoms with van der Waals surface area (Å²) in [5.74, 6) is 0. The molecule has 0 unspecified atom stereocenters. The van der Waals surface area contributed by atoms with Gasteiger partial charge in [-0.3, -0.25) is 0 Å². The molecular formula is C19H27NSi2. The van der Waals surface area contributed by atoms with Gasteiger partial charge in [0.05, 0.1) is 16.1 Å². The summed E-state index contributed by atoms with van der Waals surface area (Å²) >= 11 is 0. The van der Waals surface area contributed by atoms with Crippen molar-refractivity contribution in [2.75, 3.05) is 5.73 Å². The largest absolute Gasteiger partial charge is 0.399 e. The Bertz CT molecular complexity index is 749. The van der Waals surface area contributed by atoms with Gasteiger partial charge in [-0.25, -0.2) is 0 Å². The number of anilines is 1. The van der Waals surface area contributed by atoms with Crippen molar-refractivity contribution in [1.29, 1.82) is 0 Å². The highest BCUT2D eigenvalue weighted by atomic mass is 28.3. The van der Waals surface area contributed by atoms with Gasteiger partial charge in [-0.1, -0.05) is 74.8 Å². The molecule has 1 nitrogen and oxygen atoms in total. The molecule has 2 N–H and O–H groups in total. The van der Waals surface area contributed by atoms with Crippen molar-refractivity contribution in [2.45, 2.75) is 45.7 Å². The zero-order chi connectivity index (χ0) is 16.3. The van der Waals surface area contributed by atoms with Gasteiger partial charge in [0.15, 0.2) is 0 Å². The Kier molecular flexibility index (Phi) is 3.42. The molecule has 2 aromatic carbocycles. The van der Waals surface area contributed by atoms with Crippen LogP contribution in [0.5, 0.6) is 0 Å². The zero-order valence-corrected chi connectivity index (χ0v) is 16.7. The molecule has 22 heavy (non-hydrogen) atoms. The molecule has 0 amide bonds. The number of rotatable bonds is 2. The van der Waals surface area contributed by atoms with Crippen LogP contribution in [0.1, 0.15) is 11.1 Å². The Hall–Kier alpha value is -1.33. The van der Waals surface area contributed by atoms with E-state index in [1.807, 2.05) is 0 Å². The molecule has 0 heterocycles. The molecule has 0 saturated carbocycles.